The number of carbonyl (C=O) groups is 3. The van der Waals surface area contributed by atoms with Gasteiger partial charge in [-0.1, -0.05) is 0 Å². The average Bonchev–Trinajstić information content (AvgIpc) is 3.40. The quantitative estimate of drug-likeness (QED) is 0.825. The number of nitrogens with zero attached hydrogens (tertiary/aromatic N) is 5. The summed E-state index contributed by atoms with van der Waals surface area (Å²) in [4.78, 5) is 44.7. The second kappa shape index (κ2) is 7.81. The summed E-state index contributed by atoms with van der Waals surface area (Å²) in [6.45, 7) is 3.51. The van der Waals surface area contributed by atoms with Gasteiger partial charge in [0.1, 0.15) is 11.6 Å². The van der Waals surface area contributed by atoms with Crippen LogP contribution in [-0.2, 0) is 9.59 Å². The van der Waals surface area contributed by atoms with E-state index in [-0.39, 0.29) is 29.7 Å². The van der Waals surface area contributed by atoms with Crippen molar-refractivity contribution in [2.75, 3.05) is 26.7 Å². The Morgan fingerprint density at radius 2 is 1.90 bits per heavy atom. The predicted molar refractivity (Wildman–Crippen MR) is 105 cm³/mol. The zero-order chi connectivity index (χ0) is 20.5. The summed E-state index contributed by atoms with van der Waals surface area (Å²) in [7, 11) is 1.58. The molecule has 2 fully saturated rings. The van der Waals surface area contributed by atoms with Crippen LogP contribution in [0, 0.1) is 0 Å². The minimum absolute atomic E-state index is 0.0273. The second-order valence-electron chi connectivity index (χ2n) is 7.71. The van der Waals surface area contributed by atoms with Gasteiger partial charge in [0.25, 0.3) is 5.91 Å². The number of piperidine rings is 1. The predicted octanol–water partition coefficient (Wildman–Crippen LogP) is 0.806. The molecule has 2 aromatic rings. The molecule has 1 N–H and O–H groups in total. The van der Waals surface area contributed by atoms with Crippen LogP contribution in [0.2, 0.25) is 0 Å². The minimum Gasteiger partial charge on any atom is -0.355 e. The number of hydrogen-bond acceptors (Lipinski definition) is 5. The van der Waals surface area contributed by atoms with Gasteiger partial charge in [-0.3, -0.25) is 14.4 Å². The molecular weight excluding hydrogens is 372 g/mol. The van der Waals surface area contributed by atoms with Gasteiger partial charge in [0.05, 0.1) is 6.20 Å². The molecule has 4 heterocycles. The highest BCUT2D eigenvalue weighted by molar-refractivity contribution is 5.99. The summed E-state index contributed by atoms with van der Waals surface area (Å²) in [5, 5.41) is 6.99. The summed E-state index contributed by atoms with van der Waals surface area (Å²) in [6, 6.07) is 1.63. The average molecular weight is 398 g/mol. The van der Waals surface area contributed by atoms with Crippen molar-refractivity contribution in [1.29, 1.82) is 0 Å². The fraction of sp³-hybridized carbons (Fsp3) is 0.550. The highest BCUT2D eigenvalue weighted by atomic mass is 16.2. The molecular formula is C20H26N6O3. The number of carbonyl (C=O) groups excluding carboxylic acids is 3. The van der Waals surface area contributed by atoms with Crippen molar-refractivity contribution in [3.8, 4) is 0 Å². The lowest BCUT2D eigenvalue weighted by molar-refractivity contribution is -0.143. The number of hydrogen-bond donors (Lipinski definition) is 1. The molecule has 0 aliphatic carbocycles. The van der Waals surface area contributed by atoms with Gasteiger partial charge >= 0.3 is 0 Å². The van der Waals surface area contributed by atoms with Crippen LogP contribution in [0.1, 0.15) is 54.6 Å². The van der Waals surface area contributed by atoms with E-state index in [1.807, 2.05) is 11.0 Å². The normalized spacial score (nSPS) is 20.3. The summed E-state index contributed by atoms with van der Waals surface area (Å²) in [5.41, 5.74) is 2.00. The largest absolute Gasteiger partial charge is 0.355 e. The van der Waals surface area contributed by atoms with Crippen LogP contribution in [0.25, 0.3) is 5.65 Å². The molecule has 3 amide bonds. The lowest BCUT2D eigenvalue weighted by Gasteiger charge is -2.35. The summed E-state index contributed by atoms with van der Waals surface area (Å²) in [6.07, 6.45) is 6.51. The zero-order valence-corrected chi connectivity index (χ0v) is 16.8. The minimum atomic E-state index is -0.307. The van der Waals surface area contributed by atoms with Gasteiger partial charge in [0, 0.05) is 51.4 Å². The lowest BCUT2D eigenvalue weighted by atomic mass is 9.92. The molecule has 0 bridgehead atoms. The molecule has 0 aromatic carbocycles. The van der Waals surface area contributed by atoms with Crippen molar-refractivity contribution in [2.45, 2.75) is 44.6 Å². The molecule has 29 heavy (non-hydrogen) atoms. The van der Waals surface area contributed by atoms with Gasteiger partial charge in [-0.25, -0.2) is 9.50 Å². The van der Waals surface area contributed by atoms with Gasteiger partial charge in [0.15, 0.2) is 5.65 Å². The van der Waals surface area contributed by atoms with Crippen molar-refractivity contribution in [1.82, 2.24) is 29.7 Å². The van der Waals surface area contributed by atoms with Gasteiger partial charge in [-0.2, -0.15) is 5.10 Å². The van der Waals surface area contributed by atoms with E-state index in [0.29, 0.717) is 30.8 Å². The van der Waals surface area contributed by atoms with Crippen molar-refractivity contribution < 1.29 is 14.4 Å². The molecule has 9 nitrogen and oxygen atoms in total. The molecule has 0 saturated carbocycles. The molecule has 154 valence electrons. The maximum absolute atomic E-state index is 12.9. The Labute approximate surface area is 169 Å². The first-order valence-electron chi connectivity index (χ1n) is 10.1. The standard InChI is InChI=1S/C20H26N6O3/c1-13(27)25-9-3-4-17(25)20(29)24-10-6-14(7-11-24)16-5-8-22-18-15(19(28)21-2)12-23-26(16)18/h5,8,12,14,17H,3-4,6-7,9-11H2,1-2H3,(H,21,28)/t17-/m1/s1. The Hall–Kier alpha value is -2.97. The van der Waals surface area contributed by atoms with E-state index in [2.05, 4.69) is 15.4 Å². The van der Waals surface area contributed by atoms with Crippen molar-refractivity contribution in [3.05, 3.63) is 29.7 Å². The Balaban J connectivity index is 1.47. The zero-order valence-electron chi connectivity index (χ0n) is 16.8. The van der Waals surface area contributed by atoms with Gasteiger partial charge in [-0.05, 0) is 31.7 Å². The first kappa shape index (κ1) is 19.4. The SMILES string of the molecule is CNC(=O)c1cnn2c(C3CCN(C(=O)[C@H]4CCCN4C(C)=O)CC3)ccnc12. The van der Waals surface area contributed by atoms with Crippen LogP contribution in [-0.4, -0.2) is 74.8 Å². The number of nitrogens with one attached hydrogen (secondary N) is 1. The van der Waals surface area contributed by atoms with E-state index in [4.69, 9.17) is 0 Å². The first-order chi connectivity index (χ1) is 14.0. The van der Waals surface area contributed by atoms with E-state index in [0.717, 1.165) is 31.4 Å². The number of amides is 3. The molecule has 1 atom stereocenters. The Morgan fingerprint density at radius 1 is 1.14 bits per heavy atom. The van der Waals surface area contributed by atoms with Crippen molar-refractivity contribution in [3.63, 3.8) is 0 Å². The van der Waals surface area contributed by atoms with Crippen LogP contribution >= 0.6 is 0 Å². The highest BCUT2D eigenvalue weighted by Gasteiger charge is 2.36. The first-order valence-corrected chi connectivity index (χ1v) is 10.1. The molecule has 2 aromatic heterocycles. The van der Waals surface area contributed by atoms with Crippen LogP contribution in [0.15, 0.2) is 18.5 Å². The fourth-order valence-corrected chi connectivity index (χ4v) is 4.52. The number of fused-ring (bicyclic) bond motifs is 1. The summed E-state index contributed by atoms with van der Waals surface area (Å²) < 4.78 is 1.74. The molecule has 2 aliphatic rings. The third-order valence-electron chi connectivity index (χ3n) is 6.07. The maximum Gasteiger partial charge on any atom is 0.256 e. The third kappa shape index (κ3) is 3.45. The monoisotopic (exact) mass is 398 g/mol. The van der Waals surface area contributed by atoms with Crippen LogP contribution < -0.4 is 5.32 Å². The molecule has 2 saturated heterocycles. The Morgan fingerprint density at radius 3 is 2.59 bits per heavy atom. The van der Waals surface area contributed by atoms with Gasteiger partial charge in [-0.15, -0.1) is 0 Å². The topological polar surface area (TPSA) is 99.9 Å². The highest BCUT2D eigenvalue weighted by Crippen LogP contribution is 2.30. The van der Waals surface area contributed by atoms with E-state index in [1.54, 1.807) is 28.9 Å². The van der Waals surface area contributed by atoms with Crippen molar-refractivity contribution >= 4 is 23.4 Å². The smallest absolute Gasteiger partial charge is 0.256 e. The molecule has 0 radical (unpaired) electrons. The maximum atomic E-state index is 12.9. The third-order valence-corrected chi connectivity index (χ3v) is 6.07. The van der Waals surface area contributed by atoms with E-state index in [1.165, 1.54) is 6.92 Å². The lowest BCUT2D eigenvalue weighted by Crippen LogP contribution is -2.49. The summed E-state index contributed by atoms with van der Waals surface area (Å²) in [5.74, 6) is 0.0589. The van der Waals surface area contributed by atoms with Gasteiger partial charge in [0.2, 0.25) is 11.8 Å². The molecule has 9 heteroatoms. The molecule has 0 spiro atoms. The van der Waals surface area contributed by atoms with E-state index >= 15 is 0 Å². The van der Waals surface area contributed by atoms with Gasteiger partial charge < -0.3 is 15.1 Å². The molecule has 2 aliphatic heterocycles. The van der Waals surface area contributed by atoms with Crippen molar-refractivity contribution in [2.24, 2.45) is 0 Å². The Kier molecular flexibility index (Phi) is 5.21. The number of likely N-dealkylation sites (tertiary alicyclic amines) is 2. The van der Waals surface area contributed by atoms with E-state index in [9.17, 15) is 14.4 Å². The fourth-order valence-electron chi connectivity index (χ4n) is 4.52. The number of rotatable bonds is 3. The molecule has 0 unspecified atom stereocenters. The second-order valence-corrected chi connectivity index (χ2v) is 7.71. The van der Waals surface area contributed by atoms with Crippen LogP contribution in [0.3, 0.4) is 0 Å². The Bertz CT molecular complexity index is 947. The van der Waals surface area contributed by atoms with E-state index < -0.39 is 0 Å². The van der Waals surface area contributed by atoms with Crippen LogP contribution in [0.5, 0.6) is 0 Å². The molecule has 4 rings (SSSR count). The summed E-state index contributed by atoms with van der Waals surface area (Å²) >= 11 is 0. The number of aromatic nitrogens is 3. The van der Waals surface area contributed by atoms with Crippen LogP contribution in [0.4, 0.5) is 0 Å².